The molecule has 0 bridgehead atoms. The molecule has 1 aliphatic rings. The second kappa shape index (κ2) is 6.50. The minimum Gasteiger partial charge on any atom is -0.449 e. The van der Waals surface area contributed by atoms with Crippen LogP contribution in [-0.4, -0.2) is 18.7 Å². The van der Waals surface area contributed by atoms with E-state index in [9.17, 15) is 9.59 Å². The summed E-state index contributed by atoms with van der Waals surface area (Å²) >= 11 is 3.21. The Hall–Kier alpha value is -2.38. The van der Waals surface area contributed by atoms with Crippen LogP contribution in [0.3, 0.4) is 0 Å². The molecule has 0 unspecified atom stereocenters. The highest BCUT2D eigenvalue weighted by Gasteiger charge is 2.29. The molecule has 0 saturated carbocycles. The monoisotopic (exact) mass is 404 g/mol. The molecular formula is C18H13BrO6. The molecule has 0 radical (unpaired) electrons. The Morgan fingerprint density at radius 3 is 2.72 bits per heavy atom. The molecule has 6 nitrogen and oxygen atoms in total. The fourth-order valence-corrected chi connectivity index (χ4v) is 3.05. The third-order valence-electron chi connectivity index (χ3n) is 3.95. The van der Waals surface area contributed by atoms with Gasteiger partial charge in [0, 0.05) is 6.61 Å². The van der Waals surface area contributed by atoms with Gasteiger partial charge in [-0.25, -0.2) is 4.79 Å². The fraction of sp³-hybridized carbons (Fsp3) is 0.222. The Morgan fingerprint density at radius 2 is 2.00 bits per heavy atom. The molecule has 3 aromatic rings. The smallest absolute Gasteiger partial charge is 0.340 e. The van der Waals surface area contributed by atoms with E-state index in [0.717, 1.165) is 6.42 Å². The van der Waals surface area contributed by atoms with Crippen LogP contribution in [0.25, 0.3) is 22.5 Å². The van der Waals surface area contributed by atoms with Gasteiger partial charge in [0.05, 0.1) is 5.39 Å². The SMILES string of the molecule is O=C(Oc1c(-c2ccc(Br)o2)oc2ccccc2c1=O)[C@@H]1CCCO1. The summed E-state index contributed by atoms with van der Waals surface area (Å²) in [4.78, 5) is 25.2. The largest absolute Gasteiger partial charge is 0.449 e. The van der Waals surface area contributed by atoms with Crippen LogP contribution in [-0.2, 0) is 9.53 Å². The van der Waals surface area contributed by atoms with E-state index >= 15 is 0 Å². The van der Waals surface area contributed by atoms with Crippen LogP contribution in [0.5, 0.6) is 5.75 Å². The van der Waals surface area contributed by atoms with E-state index in [-0.39, 0.29) is 17.3 Å². The van der Waals surface area contributed by atoms with Crippen LogP contribution in [0.15, 0.2) is 54.7 Å². The van der Waals surface area contributed by atoms with Crippen molar-refractivity contribution in [2.75, 3.05) is 6.61 Å². The molecule has 0 amide bonds. The Balaban J connectivity index is 1.86. The van der Waals surface area contributed by atoms with Crippen LogP contribution >= 0.6 is 15.9 Å². The van der Waals surface area contributed by atoms with Crippen molar-refractivity contribution < 1.29 is 23.1 Å². The lowest BCUT2D eigenvalue weighted by atomic mass is 10.2. The summed E-state index contributed by atoms with van der Waals surface area (Å²) in [5.41, 5.74) is -0.0531. The Labute approximate surface area is 150 Å². The summed E-state index contributed by atoms with van der Waals surface area (Å²) in [6, 6.07) is 10.0. The standard InChI is InChI=1S/C18H13BrO6/c19-14-8-7-12(23-14)16-17(25-18(21)13-6-3-9-22-13)15(20)10-4-1-2-5-11(10)24-16/h1-2,4-5,7-8,13H,3,6,9H2/t13-/m0/s1. The Morgan fingerprint density at radius 1 is 1.16 bits per heavy atom. The second-order valence-electron chi connectivity index (χ2n) is 5.61. The van der Waals surface area contributed by atoms with E-state index in [4.69, 9.17) is 18.3 Å². The third-order valence-corrected chi connectivity index (χ3v) is 4.37. The average Bonchev–Trinajstić information content (AvgIpc) is 3.29. The van der Waals surface area contributed by atoms with E-state index in [2.05, 4.69) is 15.9 Å². The number of benzene rings is 1. The van der Waals surface area contributed by atoms with E-state index in [0.29, 0.717) is 28.7 Å². The van der Waals surface area contributed by atoms with Gasteiger partial charge in [0.15, 0.2) is 16.5 Å². The van der Waals surface area contributed by atoms with Crippen molar-refractivity contribution in [3.63, 3.8) is 0 Å². The summed E-state index contributed by atoms with van der Waals surface area (Å²) in [5.74, 6) is -0.446. The number of carbonyl (C=O) groups is 1. The number of furan rings is 1. The van der Waals surface area contributed by atoms with Gasteiger partial charge >= 0.3 is 5.97 Å². The maximum Gasteiger partial charge on any atom is 0.340 e. The van der Waals surface area contributed by atoms with E-state index in [1.54, 1.807) is 36.4 Å². The van der Waals surface area contributed by atoms with Gasteiger partial charge in [-0.3, -0.25) is 4.79 Å². The van der Waals surface area contributed by atoms with Gasteiger partial charge in [-0.15, -0.1) is 0 Å². The third kappa shape index (κ3) is 3.01. The van der Waals surface area contributed by atoms with Gasteiger partial charge in [-0.05, 0) is 53.0 Å². The zero-order valence-corrected chi connectivity index (χ0v) is 14.6. The van der Waals surface area contributed by atoms with Crippen molar-refractivity contribution in [1.82, 2.24) is 0 Å². The summed E-state index contributed by atoms with van der Waals surface area (Å²) < 4.78 is 22.5. The molecule has 1 saturated heterocycles. The van der Waals surface area contributed by atoms with E-state index < -0.39 is 17.5 Å². The first-order chi connectivity index (χ1) is 12.1. The number of halogens is 1. The molecule has 4 rings (SSSR count). The lowest BCUT2D eigenvalue weighted by Crippen LogP contribution is -2.27. The molecule has 2 aromatic heterocycles. The molecule has 1 aromatic carbocycles. The van der Waals surface area contributed by atoms with Gasteiger partial charge in [0.2, 0.25) is 16.9 Å². The first kappa shape index (κ1) is 16.1. The minimum absolute atomic E-state index is 0.0701. The number of hydrogen-bond donors (Lipinski definition) is 0. The van der Waals surface area contributed by atoms with Crippen molar-refractivity contribution in [1.29, 1.82) is 0 Å². The van der Waals surface area contributed by atoms with Gasteiger partial charge in [0.25, 0.3) is 0 Å². The highest BCUT2D eigenvalue weighted by molar-refractivity contribution is 9.10. The molecular weight excluding hydrogens is 392 g/mol. The topological polar surface area (TPSA) is 78.9 Å². The second-order valence-corrected chi connectivity index (χ2v) is 6.39. The number of hydrogen-bond acceptors (Lipinski definition) is 6. The lowest BCUT2D eigenvalue weighted by molar-refractivity contribution is -0.144. The molecule has 0 aliphatic carbocycles. The number of para-hydroxylation sites is 1. The van der Waals surface area contributed by atoms with Crippen LogP contribution in [0.2, 0.25) is 0 Å². The summed E-state index contributed by atoms with van der Waals surface area (Å²) in [5, 5.41) is 0.326. The summed E-state index contributed by atoms with van der Waals surface area (Å²) in [6.07, 6.45) is 0.686. The first-order valence-corrected chi connectivity index (χ1v) is 8.57. The van der Waals surface area contributed by atoms with Gasteiger partial charge in [-0.2, -0.15) is 0 Å². The fourth-order valence-electron chi connectivity index (χ4n) is 2.75. The molecule has 7 heteroatoms. The normalized spacial score (nSPS) is 17.1. The van der Waals surface area contributed by atoms with Crippen LogP contribution in [0.1, 0.15) is 12.8 Å². The number of esters is 1. The number of carbonyl (C=O) groups excluding carboxylic acids is 1. The van der Waals surface area contributed by atoms with Crippen LogP contribution in [0, 0.1) is 0 Å². The van der Waals surface area contributed by atoms with Crippen LogP contribution < -0.4 is 10.2 Å². The molecule has 1 atom stereocenters. The van der Waals surface area contributed by atoms with Gasteiger partial charge < -0.3 is 18.3 Å². The van der Waals surface area contributed by atoms with Gasteiger partial charge in [0.1, 0.15) is 5.58 Å². The maximum atomic E-state index is 12.8. The van der Waals surface area contributed by atoms with Crippen LogP contribution in [0.4, 0.5) is 0 Å². The van der Waals surface area contributed by atoms with Crippen molar-refractivity contribution in [2.24, 2.45) is 0 Å². The minimum atomic E-state index is -0.665. The molecule has 128 valence electrons. The van der Waals surface area contributed by atoms with Crippen molar-refractivity contribution >= 4 is 32.9 Å². The highest BCUT2D eigenvalue weighted by atomic mass is 79.9. The predicted octanol–water partition coefficient (Wildman–Crippen LogP) is 3.90. The molecule has 0 N–H and O–H groups in total. The summed E-state index contributed by atoms with van der Waals surface area (Å²) in [6.45, 7) is 0.504. The van der Waals surface area contributed by atoms with E-state index in [1.807, 2.05) is 0 Å². The average molecular weight is 405 g/mol. The summed E-state index contributed by atoms with van der Waals surface area (Å²) in [7, 11) is 0. The molecule has 0 spiro atoms. The maximum absolute atomic E-state index is 12.8. The van der Waals surface area contributed by atoms with Crippen molar-refractivity contribution in [2.45, 2.75) is 18.9 Å². The Bertz CT molecular complexity index is 996. The number of ether oxygens (including phenoxy) is 2. The number of fused-ring (bicyclic) bond motifs is 1. The first-order valence-electron chi connectivity index (χ1n) is 7.78. The van der Waals surface area contributed by atoms with Gasteiger partial charge in [-0.1, -0.05) is 12.1 Å². The zero-order chi connectivity index (χ0) is 17.4. The van der Waals surface area contributed by atoms with E-state index in [1.165, 1.54) is 0 Å². The molecule has 3 heterocycles. The van der Waals surface area contributed by atoms with Crippen molar-refractivity contribution in [3.05, 3.63) is 51.3 Å². The molecule has 1 aliphatic heterocycles. The zero-order valence-electron chi connectivity index (χ0n) is 13.0. The predicted molar refractivity (Wildman–Crippen MR) is 92.5 cm³/mol. The molecule has 1 fully saturated rings. The quantitative estimate of drug-likeness (QED) is 0.615. The highest BCUT2D eigenvalue weighted by Crippen LogP contribution is 2.33. The Kier molecular flexibility index (Phi) is 4.19. The van der Waals surface area contributed by atoms with Crippen molar-refractivity contribution in [3.8, 4) is 17.3 Å². The molecule has 25 heavy (non-hydrogen) atoms. The lowest BCUT2D eigenvalue weighted by Gasteiger charge is -2.11. The number of rotatable bonds is 3.